The average molecular weight is 185 g/mol. The molecule has 1 rings (SSSR count). The Bertz CT molecular complexity index is 372. The van der Waals surface area contributed by atoms with E-state index in [-0.39, 0.29) is 46.5 Å². The van der Waals surface area contributed by atoms with Gasteiger partial charge in [0.25, 0.3) is 0 Å². The molecule has 1 aromatic rings. The van der Waals surface area contributed by atoms with Crippen molar-refractivity contribution in [1.29, 1.82) is 5.26 Å². The number of aromatic carboxylic acids is 1. The number of hydrogen-bond donors (Lipinski definition) is 1. The van der Waals surface area contributed by atoms with Crippen LogP contribution in [-0.4, -0.2) is 11.0 Å². The van der Waals surface area contributed by atoms with Crippen LogP contribution in [0.1, 0.15) is 16.1 Å². The Hall–Kier alpha value is -1.09. The SMILES string of the molecule is N#Cc1cc(C(=O)[O-])ncc1N.[Na+]. The minimum atomic E-state index is -1.42. The van der Waals surface area contributed by atoms with Crippen LogP contribution in [0.3, 0.4) is 0 Å². The maximum atomic E-state index is 10.3. The summed E-state index contributed by atoms with van der Waals surface area (Å²) in [6, 6.07) is 2.81. The van der Waals surface area contributed by atoms with E-state index in [1.54, 1.807) is 6.07 Å². The molecule has 0 aliphatic heterocycles. The van der Waals surface area contributed by atoms with Crippen LogP contribution in [0.25, 0.3) is 0 Å². The van der Waals surface area contributed by atoms with Crippen molar-refractivity contribution in [1.82, 2.24) is 4.98 Å². The van der Waals surface area contributed by atoms with E-state index in [1.807, 2.05) is 0 Å². The van der Waals surface area contributed by atoms with Crippen molar-refractivity contribution < 1.29 is 39.5 Å². The van der Waals surface area contributed by atoms with Crippen LogP contribution in [0.15, 0.2) is 12.3 Å². The number of rotatable bonds is 1. The molecule has 0 aliphatic carbocycles. The molecule has 0 fully saturated rings. The topological polar surface area (TPSA) is 103 Å². The van der Waals surface area contributed by atoms with Crippen molar-refractivity contribution in [3.8, 4) is 6.07 Å². The zero-order valence-corrected chi connectivity index (χ0v) is 8.94. The Kier molecular flexibility index (Phi) is 4.42. The Morgan fingerprint density at radius 2 is 2.31 bits per heavy atom. The number of pyridine rings is 1. The summed E-state index contributed by atoms with van der Waals surface area (Å²) in [5, 5.41) is 18.7. The molecule has 0 saturated heterocycles. The van der Waals surface area contributed by atoms with Gasteiger partial charge in [0.05, 0.1) is 29.1 Å². The van der Waals surface area contributed by atoms with Crippen LogP contribution in [0, 0.1) is 11.3 Å². The van der Waals surface area contributed by atoms with Crippen molar-refractivity contribution in [2.24, 2.45) is 0 Å². The van der Waals surface area contributed by atoms with E-state index >= 15 is 0 Å². The fourth-order valence-corrected chi connectivity index (χ4v) is 0.674. The summed E-state index contributed by atoms with van der Waals surface area (Å²) in [4.78, 5) is 13.7. The first-order valence-electron chi connectivity index (χ1n) is 3.02. The van der Waals surface area contributed by atoms with Gasteiger partial charge in [-0.15, -0.1) is 0 Å². The standard InChI is InChI=1S/C7H5N3O2.Na/c8-2-4-1-6(7(11)12)10-3-5(4)9;/h1,3H,9H2,(H,11,12);/q;+1/p-1. The summed E-state index contributed by atoms with van der Waals surface area (Å²) in [6.07, 6.45) is 1.11. The number of nitrogens with two attached hydrogens (primary N) is 1. The number of carbonyl (C=O) groups excluding carboxylic acids is 1. The summed E-state index contributed by atoms with van der Waals surface area (Å²) < 4.78 is 0. The third-order valence-corrected chi connectivity index (χ3v) is 1.26. The number of carboxylic acids is 1. The molecule has 0 spiro atoms. The largest absolute Gasteiger partial charge is 1.00 e. The Morgan fingerprint density at radius 3 is 2.77 bits per heavy atom. The average Bonchev–Trinajstić information content (AvgIpc) is 2.05. The predicted molar refractivity (Wildman–Crippen MR) is 37.7 cm³/mol. The molecule has 2 N–H and O–H groups in total. The summed E-state index contributed by atoms with van der Waals surface area (Å²) in [7, 11) is 0. The van der Waals surface area contributed by atoms with E-state index in [0.717, 1.165) is 12.3 Å². The summed E-state index contributed by atoms with van der Waals surface area (Å²) in [5.74, 6) is -1.42. The van der Waals surface area contributed by atoms with Crippen molar-refractivity contribution in [2.75, 3.05) is 5.73 Å². The fraction of sp³-hybridized carbons (Fsp3) is 0. The molecule has 1 heterocycles. The van der Waals surface area contributed by atoms with Crippen LogP contribution in [0.5, 0.6) is 0 Å². The molecule has 13 heavy (non-hydrogen) atoms. The van der Waals surface area contributed by atoms with Gasteiger partial charge in [0, 0.05) is 0 Å². The Labute approximate surface area is 96.5 Å². The summed E-state index contributed by atoms with van der Waals surface area (Å²) in [5.41, 5.74) is 5.25. The number of anilines is 1. The molecule has 0 aliphatic rings. The van der Waals surface area contributed by atoms with Gasteiger partial charge >= 0.3 is 29.6 Å². The smallest absolute Gasteiger partial charge is 0.543 e. The van der Waals surface area contributed by atoms with Gasteiger partial charge in [0.2, 0.25) is 0 Å². The first-order valence-corrected chi connectivity index (χ1v) is 3.02. The summed E-state index contributed by atoms with van der Waals surface area (Å²) >= 11 is 0. The van der Waals surface area contributed by atoms with Crippen LogP contribution in [-0.2, 0) is 0 Å². The first kappa shape index (κ1) is 11.9. The van der Waals surface area contributed by atoms with E-state index in [0.29, 0.717) is 0 Å². The second-order valence-electron chi connectivity index (χ2n) is 2.06. The molecule has 1 aromatic heterocycles. The molecule has 0 unspecified atom stereocenters. The molecule has 0 bridgehead atoms. The van der Waals surface area contributed by atoms with Crippen molar-refractivity contribution >= 4 is 11.7 Å². The van der Waals surface area contributed by atoms with Crippen LogP contribution >= 0.6 is 0 Å². The zero-order chi connectivity index (χ0) is 9.14. The van der Waals surface area contributed by atoms with Gasteiger partial charge in [0.15, 0.2) is 0 Å². The third kappa shape index (κ3) is 2.70. The van der Waals surface area contributed by atoms with E-state index < -0.39 is 5.97 Å². The maximum Gasteiger partial charge on any atom is 1.00 e. The molecule has 0 saturated carbocycles. The van der Waals surface area contributed by atoms with Gasteiger partial charge in [-0.1, -0.05) is 0 Å². The number of nitrogens with zero attached hydrogens (tertiary/aromatic N) is 2. The van der Waals surface area contributed by atoms with E-state index in [2.05, 4.69) is 4.98 Å². The number of hydrogen-bond acceptors (Lipinski definition) is 5. The zero-order valence-electron chi connectivity index (χ0n) is 6.94. The molecule has 5 nitrogen and oxygen atoms in total. The van der Waals surface area contributed by atoms with Gasteiger partial charge in [-0.25, -0.2) is 0 Å². The number of nitriles is 1. The normalized spacial score (nSPS) is 8.23. The Balaban J connectivity index is 0.00000144. The molecule has 6 heteroatoms. The molecule has 0 atom stereocenters. The summed E-state index contributed by atoms with van der Waals surface area (Å²) in [6.45, 7) is 0. The maximum absolute atomic E-state index is 10.3. The number of aromatic nitrogens is 1. The van der Waals surface area contributed by atoms with Gasteiger partial charge < -0.3 is 15.6 Å². The fourth-order valence-electron chi connectivity index (χ4n) is 0.674. The number of carboxylic acid groups (broad SMARTS) is 1. The molecule has 60 valence electrons. The minimum absolute atomic E-state index is 0. The van der Waals surface area contributed by atoms with Gasteiger partial charge in [0.1, 0.15) is 6.07 Å². The number of nitrogen functional groups attached to an aromatic ring is 1. The molecule has 0 aromatic carbocycles. The van der Waals surface area contributed by atoms with Gasteiger partial charge in [-0.3, -0.25) is 4.98 Å². The second kappa shape index (κ2) is 4.82. The van der Waals surface area contributed by atoms with Crippen molar-refractivity contribution in [3.05, 3.63) is 23.5 Å². The van der Waals surface area contributed by atoms with Crippen molar-refractivity contribution in [2.45, 2.75) is 0 Å². The van der Waals surface area contributed by atoms with Crippen molar-refractivity contribution in [3.63, 3.8) is 0 Å². The van der Waals surface area contributed by atoms with E-state index in [4.69, 9.17) is 11.0 Å². The molecule has 0 radical (unpaired) electrons. The monoisotopic (exact) mass is 185 g/mol. The van der Waals surface area contributed by atoms with E-state index in [9.17, 15) is 9.90 Å². The second-order valence-corrected chi connectivity index (χ2v) is 2.06. The van der Waals surface area contributed by atoms with Gasteiger partial charge in [-0.2, -0.15) is 5.26 Å². The molecular weight excluding hydrogens is 181 g/mol. The van der Waals surface area contributed by atoms with Gasteiger partial charge in [-0.05, 0) is 6.07 Å². The Morgan fingerprint density at radius 1 is 1.69 bits per heavy atom. The first-order chi connectivity index (χ1) is 5.65. The molecule has 0 amide bonds. The van der Waals surface area contributed by atoms with Crippen LogP contribution in [0.4, 0.5) is 5.69 Å². The minimum Gasteiger partial charge on any atom is -0.543 e. The predicted octanol–water partition coefficient (Wildman–Crippen LogP) is -4.10. The van der Waals surface area contributed by atoms with E-state index in [1.165, 1.54) is 0 Å². The molecular formula is C7H4N3NaO2. The number of carbonyl (C=O) groups is 1. The van der Waals surface area contributed by atoms with Crippen LogP contribution < -0.4 is 40.4 Å². The van der Waals surface area contributed by atoms with Crippen LogP contribution in [0.2, 0.25) is 0 Å². The quantitative estimate of drug-likeness (QED) is 0.448. The third-order valence-electron chi connectivity index (χ3n) is 1.26.